The van der Waals surface area contributed by atoms with Crippen molar-refractivity contribution in [2.45, 2.75) is 19.9 Å². The quantitative estimate of drug-likeness (QED) is 0.433. The molecule has 2 N–H and O–H groups in total. The molecule has 6 heteroatoms. The highest BCUT2D eigenvalue weighted by Gasteiger charge is 2.46. The number of hydrogen-bond acceptors (Lipinski definition) is 4. The highest BCUT2D eigenvalue weighted by atomic mass is 16.3. The smallest absolute Gasteiger partial charge is 0.295 e. The summed E-state index contributed by atoms with van der Waals surface area (Å²) in [7, 11) is 0. The molecule has 1 amide bonds. The molecule has 2 aromatic rings. The lowest BCUT2D eigenvalue weighted by atomic mass is 9.95. The Hall–Kier alpha value is -2.99. The molecular weight excluding hydrogens is 354 g/mol. The number of likely N-dealkylation sites (N-methyl/N-ethyl adjacent to an activating group) is 1. The summed E-state index contributed by atoms with van der Waals surface area (Å²) >= 11 is 0. The third-order valence-electron chi connectivity index (χ3n) is 5.32. The average molecular weight is 380 g/mol. The van der Waals surface area contributed by atoms with Gasteiger partial charge in [0, 0.05) is 18.0 Å². The maximum Gasteiger partial charge on any atom is 0.295 e. The van der Waals surface area contributed by atoms with Gasteiger partial charge in [-0.1, -0.05) is 30.3 Å². The number of nitrogens with zero attached hydrogens (tertiary/aromatic N) is 2. The number of carbonyl (C=O) groups excluding carboxylic acids is 2. The predicted molar refractivity (Wildman–Crippen MR) is 107 cm³/mol. The van der Waals surface area contributed by atoms with Crippen molar-refractivity contribution in [1.29, 1.82) is 0 Å². The first-order chi connectivity index (χ1) is 13.6. The lowest BCUT2D eigenvalue weighted by molar-refractivity contribution is -0.895. The summed E-state index contributed by atoms with van der Waals surface area (Å²) in [5.74, 6) is -1.36. The number of quaternary nitrogens is 1. The third-order valence-corrected chi connectivity index (χ3v) is 5.32. The first-order valence-electron chi connectivity index (χ1n) is 9.65. The topological polar surface area (TPSA) is 74.9 Å². The van der Waals surface area contributed by atoms with Gasteiger partial charge >= 0.3 is 0 Å². The zero-order chi connectivity index (χ0) is 20.1. The van der Waals surface area contributed by atoms with E-state index in [-0.39, 0.29) is 11.3 Å². The van der Waals surface area contributed by atoms with Gasteiger partial charge in [-0.05, 0) is 31.5 Å². The second-order valence-electron chi connectivity index (χ2n) is 6.85. The normalized spacial score (nSPS) is 18.8. The Morgan fingerprint density at radius 1 is 1.07 bits per heavy atom. The van der Waals surface area contributed by atoms with Gasteiger partial charge in [0.2, 0.25) is 0 Å². The minimum absolute atomic E-state index is 0.136. The van der Waals surface area contributed by atoms with Crippen molar-refractivity contribution in [3.05, 3.63) is 71.6 Å². The van der Waals surface area contributed by atoms with Gasteiger partial charge in [-0.25, -0.2) is 0 Å². The first-order valence-corrected chi connectivity index (χ1v) is 9.65. The van der Waals surface area contributed by atoms with Crippen LogP contribution in [-0.2, 0) is 9.59 Å². The molecule has 1 aliphatic heterocycles. The van der Waals surface area contributed by atoms with E-state index < -0.39 is 17.7 Å². The average Bonchev–Trinajstić information content (AvgIpc) is 3.00. The molecular formula is C22H26N3O3+. The summed E-state index contributed by atoms with van der Waals surface area (Å²) < 4.78 is 0. The van der Waals surface area contributed by atoms with Crippen molar-refractivity contribution >= 4 is 17.4 Å². The number of aliphatic hydroxyl groups is 1. The Morgan fingerprint density at radius 2 is 1.71 bits per heavy atom. The molecule has 0 aliphatic carbocycles. The maximum atomic E-state index is 12.9. The van der Waals surface area contributed by atoms with Crippen LogP contribution in [0.1, 0.15) is 31.0 Å². The molecule has 0 spiro atoms. The van der Waals surface area contributed by atoms with Crippen LogP contribution in [0.2, 0.25) is 0 Å². The Morgan fingerprint density at radius 3 is 2.32 bits per heavy atom. The van der Waals surface area contributed by atoms with Crippen molar-refractivity contribution in [2.75, 3.05) is 26.2 Å². The molecule has 1 saturated heterocycles. The molecule has 6 nitrogen and oxygen atoms in total. The van der Waals surface area contributed by atoms with Crippen LogP contribution in [0.4, 0.5) is 0 Å². The van der Waals surface area contributed by atoms with Gasteiger partial charge in [-0.3, -0.25) is 14.6 Å². The monoisotopic (exact) mass is 380 g/mol. The number of Topliss-reactive ketones (excluding diaryl/α,β-unsaturated/α-hetero) is 1. The Labute approximate surface area is 165 Å². The van der Waals surface area contributed by atoms with Gasteiger partial charge in [-0.15, -0.1) is 0 Å². The number of nitrogens with one attached hydrogen (secondary N) is 1. The lowest BCUT2D eigenvalue weighted by Crippen LogP contribution is -3.12. The Balaban J connectivity index is 2.06. The largest absolute Gasteiger partial charge is 0.507 e. The van der Waals surface area contributed by atoms with E-state index in [4.69, 9.17) is 0 Å². The number of pyridine rings is 1. The zero-order valence-corrected chi connectivity index (χ0v) is 16.3. The zero-order valence-electron chi connectivity index (χ0n) is 16.3. The minimum atomic E-state index is -0.641. The molecule has 0 unspecified atom stereocenters. The number of ketones is 1. The third kappa shape index (κ3) is 3.82. The Kier molecular flexibility index (Phi) is 6.21. The van der Waals surface area contributed by atoms with Crippen LogP contribution in [0.3, 0.4) is 0 Å². The van der Waals surface area contributed by atoms with E-state index in [9.17, 15) is 14.7 Å². The second kappa shape index (κ2) is 8.80. The molecule has 1 aromatic carbocycles. The van der Waals surface area contributed by atoms with Crippen LogP contribution >= 0.6 is 0 Å². The highest BCUT2D eigenvalue weighted by molar-refractivity contribution is 6.46. The number of carbonyl (C=O) groups is 2. The van der Waals surface area contributed by atoms with Crippen LogP contribution in [-0.4, -0.2) is 52.9 Å². The summed E-state index contributed by atoms with van der Waals surface area (Å²) in [5.41, 5.74) is 1.42. The SMILES string of the molecule is CC[NH+](CC)CCN1C(=O)C(=O)/C(=C(/O)c2ccncc2)[C@@H]1c1ccccc1. The van der Waals surface area contributed by atoms with E-state index in [1.807, 2.05) is 30.3 Å². The lowest BCUT2D eigenvalue weighted by Gasteiger charge is -2.26. The van der Waals surface area contributed by atoms with E-state index in [0.29, 0.717) is 12.1 Å². The van der Waals surface area contributed by atoms with E-state index in [1.54, 1.807) is 29.4 Å². The highest BCUT2D eigenvalue weighted by Crippen LogP contribution is 2.38. The maximum absolute atomic E-state index is 12.9. The summed E-state index contributed by atoms with van der Waals surface area (Å²) in [4.78, 5) is 32.6. The first kappa shape index (κ1) is 19.8. The second-order valence-corrected chi connectivity index (χ2v) is 6.85. The van der Waals surface area contributed by atoms with Crippen LogP contribution in [0, 0.1) is 0 Å². The summed E-state index contributed by atoms with van der Waals surface area (Å²) in [6.07, 6.45) is 3.10. The number of amides is 1. The van der Waals surface area contributed by atoms with Gasteiger partial charge in [0.25, 0.3) is 11.7 Å². The van der Waals surface area contributed by atoms with Crippen LogP contribution in [0.25, 0.3) is 5.76 Å². The van der Waals surface area contributed by atoms with Gasteiger partial charge in [-0.2, -0.15) is 0 Å². The van der Waals surface area contributed by atoms with Crippen molar-refractivity contribution in [2.24, 2.45) is 0 Å². The molecule has 0 bridgehead atoms. The molecule has 1 aliphatic rings. The van der Waals surface area contributed by atoms with E-state index in [0.717, 1.165) is 25.2 Å². The van der Waals surface area contributed by atoms with Crippen LogP contribution in [0.5, 0.6) is 0 Å². The molecule has 1 atom stereocenters. The summed E-state index contributed by atoms with van der Waals surface area (Å²) in [6.45, 7) is 7.31. The molecule has 146 valence electrons. The molecule has 1 fully saturated rings. The van der Waals surface area contributed by atoms with Crippen molar-refractivity contribution in [3.8, 4) is 0 Å². The molecule has 2 heterocycles. The number of aromatic nitrogens is 1. The minimum Gasteiger partial charge on any atom is -0.507 e. The molecule has 1 aromatic heterocycles. The van der Waals surface area contributed by atoms with Crippen molar-refractivity contribution < 1.29 is 19.6 Å². The predicted octanol–water partition coefficient (Wildman–Crippen LogP) is 1.43. The van der Waals surface area contributed by atoms with E-state index in [2.05, 4.69) is 18.8 Å². The molecule has 0 radical (unpaired) electrons. The van der Waals surface area contributed by atoms with Crippen molar-refractivity contribution in [1.82, 2.24) is 9.88 Å². The molecule has 3 rings (SSSR count). The fourth-order valence-electron chi connectivity index (χ4n) is 3.64. The fourth-order valence-corrected chi connectivity index (χ4v) is 3.64. The van der Waals surface area contributed by atoms with Gasteiger partial charge in [0.05, 0.1) is 37.8 Å². The van der Waals surface area contributed by atoms with Crippen LogP contribution < -0.4 is 4.90 Å². The van der Waals surface area contributed by atoms with Gasteiger partial charge in [0.15, 0.2) is 0 Å². The number of benzene rings is 1. The number of likely N-dealkylation sites (tertiary alicyclic amines) is 1. The number of hydrogen-bond donors (Lipinski definition) is 2. The summed E-state index contributed by atoms with van der Waals surface area (Å²) in [5, 5.41) is 10.9. The van der Waals surface area contributed by atoms with E-state index >= 15 is 0 Å². The number of aliphatic hydroxyl groups excluding tert-OH is 1. The van der Waals surface area contributed by atoms with E-state index in [1.165, 1.54) is 4.90 Å². The van der Waals surface area contributed by atoms with Crippen molar-refractivity contribution in [3.63, 3.8) is 0 Å². The van der Waals surface area contributed by atoms with Gasteiger partial charge < -0.3 is 14.9 Å². The van der Waals surface area contributed by atoms with Crippen LogP contribution in [0.15, 0.2) is 60.4 Å². The summed E-state index contributed by atoms with van der Waals surface area (Å²) in [6, 6.07) is 12.1. The standard InChI is InChI=1S/C22H25N3O3/c1-3-24(4-2)14-15-25-19(16-8-6-5-7-9-16)18(21(27)22(25)28)20(26)17-10-12-23-13-11-17/h5-13,19,26H,3-4,14-15H2,1-2H3/p+1/b20-18+/t19-/m0/s1. The molecule has 0 saturated carbocycles. The fraction of sp³-hybridized carbons (Fsp3) is 0.318. The molecule has 28 heavy (non-hydrogen) atoms. The van der Waals surface area contributed by atoms with Gasteiger partial charge in [0.1, 0.15) is 5.76 Å². The number of rotatable bonds is 7. The Bertz CT molecular complexity index is 861.